The van der Waals surface area contributed by atoms with Gasteiger partial charge in [0.15, 0.2) is 11.6 Å². The third kappa shape index (κ3) is 4.14. The van der Waals surface area contributed by atoms with Crippen LogP contribution < -0.4 is 0 Å². The maximum atomic E-state index is 6.40. The minimum absolute atomic E-state index is 0.550. The summed E-state index contributed by atoms with van der Waals surface area (Å²) in [6.45, 7) is 0. The standard InChI is InChI=1S/C45H27N5O/c1-3-13-28(14-4-1)43-46-44(29-15-5-2-6-16-29)48-45(47-43)50-37-25-26-40-42(34-19-9-12-22-39(34)51-40)41(37)33-24-23-30(27-38(33)50)49-35-20-10-7-17-31(35)32-18-8-11-21-36(32)49/h1-27H. The molecule has 11 aromatic rings. The molecule has 0 aliphatic rings. The highest BCUT2D eigenvalue weighted by Gasteiger charge is 2.23. The summed E-state index contributed by atoms with van der Waals surface area (Å²) in [5.74, 6) is 1.78. The molecule has 6 nitrogen and oxygen atoms in total. The van der Waals surface area contributed by atoms with Crippen molar-refractivity contribution in [2.75, 3.05) is 0 Å². The van der Waals surface area contributed by atoms with Crippen LogP contribution in [0.1, 0.15) is 0 Å². The average Bonchev–Trinajstić information content (AvgIpc) is 3.85. The first kappa shape index (κ1) is 27.9. The number of hydrogen-bond donors (Lipinski definition) is 0. The summed E-state index contributed by atoms with van der Waals surface area (Å²) < 4.78 is 11.0. The minimum Gasteiger partial charge on any atom is -0.456 e. The van der Waals surface area contributed by atoms with Crippen LogP contribution in [0.4, 0.5) is 0 Å². The van der Waals surface area contributed by atoms with Crippen molar-refractivity contribution in [3.63, 3.8) is 0 Å². The molecule has 0 spiro atoms. The average molecular weight is 654 g/mol. The summed E-state index contributed by atoms with van der Waals surface area (Å²) in [6, 6.07) is 56.7. The van der Waals surface area contributed by atoms with E-state index in [1.165, 1.54) is 10.8 Å². The Bertz CT molecular complexity index is 3030. The van der Waals surface area contributed by atoms with Gasteiger partial charge < -0.3 is 8.98 Å². The first-order valence-corrected chi connectivity index (χ1v) is 17.0. The molecule has 0 bridgehead atoms. The Labute approximate surface area is 291 Å². The van der Waals surface area contributed by atoms with Gasteiger partial charge in [0, 0.05) is 49.1 Å². The molecular weight excluding hydrogens is 627 g/mol. The van der Waals surface area contributed by atoms with E-state index in [-0.39, 0.29) is 0 Å². The van der Waals surface area contributed by atoms with E-state index in [2.05, 4.69) is 100 Å². The van der Waals surface area contributed by atoms with Crippen molar-refractivity contribution in [3.05, 3.63) is 164 Å². The van der Waals surface area contributed by atoms with Crippen LogP contribution in [-0.4, -0.2) is 24.1 Å². The summed E-state index contributed by atoms with van der Waals surface area (Å²) in [6.07, 6.45) is 0. The number of furan rings is 1. The molecule has 4 heterocycles. The monoisotopic (exact) mass is 653 g/mol. The topological polar surface area (TPSA) is 61.7 Å². The second kappa shape index (κ2) is 10.7. The number of fused-ring (bicyclic) bond motifs is 10. The van der Waals surface area contributed by atoms with Gasteiger partial charge in [0.2, 0.25) is 5.95 Å². The molecule has 11 rings (SSSR count). The van der Waals surface area contributed by atoms with Gasteiger partial charge in [-0.1, -0.05) is 121 Å². The molecule has 0 fully saturated rings. The fourth-order valence-electron chi connectivity index (χ4n) is 7.76. The Morgan fingerprint density at radius 1 is 0.373 bits per heavy atom. The van der Waals surface area contributed by atoms with E-state index in [9.17, 15) is 0 Å². The first-order chi connectivity index (χ1) is 25.3. The van der Waals surface area contributed by atoms with Crippen LogP contribution >= 0.6 is 0 Å². The molecule has 0 saturated heterocycles. The molecule has 4 aromatic heterocycles. The van der Waals surface area contributed by atoms with Crippen LogP contribution in [0.3, 0.4) is 0 Å². The van der Waals surface area contributed by atoms with Crippen LogP contribution in [0.2, 0.25) is 0 Å². The zero-order valence-corrected chi connectivity index (χ0v) is 27.2. The predicted molar refractivity (Wildman–Crippen MR) is 207 cm³/mol. The Balaban J connectivity index is 1.29. The molecule has 238 valence electrons. The molecule has 0 atom stereocenters. The van der Waals surface area contributed by atoms with E-state index in [0.717, 1.165) is 71.6 Å². The molecule has 0 aliphatic heterocycles. The maximum Gasteiger partial charge on any atom is 0.238 e. The van der Waals surface area contributed by atoms with Gasteiger partial charge in [-0.15, -0.1) is 0 Å². The maximum absolute atomic E-state index is 6.40. The molecule has 0 aliphatic carbocycles. The van der Waals surface area contributed by atoms with E-state index < -0.39 is 0 Å². The van der Waals surface area contributed by atoms with Gasteiger partial charge in [-0.05, 0) is 42.5 Å². The Kier molecular flexibility index (Phi) is 5.86. The zero-order valence-electron chi connectivity index (χ0n) is 27.2. The quantitative estimate of drug-likeness (QED) is 0.190. The van der Waals surface area contributed by atoms with Crippen LogP contribution in [0.15, 0.2) is 168 Å². The van der Waals surface area contributed by atoms with Gasteiger partial charge >= 0.3 is 0 Å². The van der Waals surface area contributed by atoms with Crippen LogP contribution in [0, 0.1) is 0 Å². The second-order valence-electron chi connectivity index (χ2n) is 12.9. The van der Waals surface area contributed by atoms with Crippen LogP contribution in [0.5, 0.6) is 0 Å². The fraction of sp³-hybridized carbons (Fsp3) is 0. The van der Waals surface area contributed by atoms with E-state index in [4.69, 9.17) is 19.4 Å². The highest BCUT2D eigenvalue weighted by Crippen LogP contribution is 2.42. The zero-order chi connectivity index (χ0) is 33.5. The van der Waals surface area contributed by atoms with E-state index >= 15 is 0 Å². The second-order valence-corrected chi connectivity index (χ2v) is 12.9. The van der Waals surface area contributed by atoms with Crippen molar-refractivity contribution < 1.29 is 4.42 Å². The number of benzene rings is 7. The van der Waals surface area contributed by atoms with Crippen LogP contribution in [0.25, 0.3) is 100.0 Å². The summed E-state index contributed by atoms with van der Waals surface area (Å²) >= 11 is 0. The third-order valence-electron chi connectivity index (χ3n) is 9.98. The molecule has 0 unspecified atom stereocenters. The Morgan fingerprint density at radius 3 is 1.63 bits per heavy atom. The lowest BCUT2D eigenvalue weighted by Crippen LogP contribution is -2.06. The summed E-state index contributed by atoms with van der Waals surface area (Å²) in [7, 11) is 0. The largest absolute Gasteiger partial charge is 0.456 e. The van der Waals surface area contributed by atoms with Gasteiger partial charge in [-0.2, -0.15) is 9.97 Å². The molecule has 7 aromatic carbocycles. The summed E-state index contributed by atoms with van der Waals surface area (Å²) in [4.78, 5) is 15.4. The van der Waals surface area contributed by atoms with Crippen molar-refractivity contribution in [3.8, 4) is 34.4 Å². The lowest BCUT2D eigenvalue weighted by Gasteiger charge is -2.12. The molecule has 0 saturated carbocycles. The van der Waals surface area contributed by atoms with E-state index in [0.29, 0.717) is 17.6 Å². The van der Waals surface area contributed by atoms with E-state index in [1.54, 1.807) is 0 Å². The normalized spacial score (nSPS) is 11.9. The minimum atomic E-state index is 0.550. The lowest BCUT2D eigenvalue weighted by atomic mass is 10.1. The van der Waals surface area contributed by atoms with E-state index in [1.807, 2.05) is 72.8 Å². The fourth-order valence-corrected chi connectivity index (χ4v) is 7.76. The van der Waals surface area contributed by atoms with Gasteiger partial charge in [0.05, 0.1) is 22.1 Å². The first-order valence-electron chi connectivity index (χ1n) is 17.0. The summed E-state index contributed by atoms with van der Waals surface area (Å²) in [5.41, 5.74) is 8.91. The van der Waals surface area contributed by atoms with Crippen molar-refractivity contribution in [2.24, 2.45) is 0 Å². The number of nitrogens with zero attached hydrogens (tertiary/aromatic N) is 5. The van der Waals surface area contributed by atoms with Crippen molar-refractivity contribution in [2.45, 2.75) is 0 Å². The van der Waals surface area contributed by atoms with Gasteiger partial charge in [-0.25, -0.2) is 4.98 Å². The highest BCUT2D eigenvalue weighted by atomic mass is 16.3. The highest BCUT2D eigenvalue weighted by molar-refractivity contribution is 6.27. The molecule has 6 heteroatoms. The molecular formula is C45H27N5O. The number of rotatable bonds is 4. The Morgan fingerprint density at radius 2 is 0.961 bits per heavy atom. The molecule has 51 heavy (non-hydrogen) atoms. The molecule has 0 radical (unpaired) electrons. The van der Waals surface area contributed by atoms with Gasteiger partial charge in [-0.3, -0.25) is 4.57 Å². The summed E-state index contributed by atoms with van der Waals surface area (Å²) in [5, 5.41) is 6.79. The van der Waals surface area contributed by atoms with Crippen molar-refractivity contribution >= 4 is 65.6 Å². The van der Waals surface area contributed by atoms with Gasteiger partial charge in [0.1, 0.15) is 11.2 Å². The molecule has 0 amide bonds. The number of para-hydroxylation sites is 3. The predicted octanol–water partition coefficient (Wildman–Crippen LogP) is 11.3. The van der Waals surface area contributed by atoms with Crippen LogP contribution in [-0.2, 0) is 0 Å². The lowest BCUT2D eigenvalue weighted by molar-refractivity contribution is 0.669. The Hall–Kier alpha value is -7.05. The van der Waals surface area contributed by atoms with Crippen molar-refractivity contribution in [1.82, 2.24) is 24.1 Å². The number of aromatic nitrogens is 5. The van der Waals surface area contributed by atoms with Crippen molar-refractivity contribution in [1.29, 1.82) is 0 Å². The van der Waals surface area contributed by atoms with Gasteiger partial charge in [0.25, 0.3) is 0 Å². The SMILES string of the molecule is c1ccc(-c2nc(-c3ccccc3)nc(-n3c4cc(-n5c6ccccc6c6ccccc65)ccc4c4c5c(ccc43)oc3ccccc35)n2)cc1. The molecule has 0 N–H and O–H groups in total. The third-order valence-corrected chi connectivity index (χ3v) is 9.98. The smallest absolute Gasteiger partial charge is 0.238 e. The number of hydrogen-bond acceptors (Lipinski definition) is 4.